The van der Waals surface area contributed by atoms with Crippen molar-refractivity contribution in [2.24, 2.45) is 0 Å². The van der Waals surface area contributed by atoms with Crippen molar-refractivity contribution >= 4 is 5.78 Å². The third-order valence-corrected chi connectivity index (χ3v) is 3.61. The summed E-state index contributed by atoms with van der Waals surface area (Å²) in [5.74, 6) is -0.524. The molecule has 0 aliphatic carbocycles. The summed E-state index contributed by atoms with van der Waals surface area (Å²) in [6.45, 7) is 2.21. The maximum atomic E-state index is 12.1. The van der Waals surface area contributed by atoms with Gasteiger partial charge in [-0.05, 0) is 12.0 Å². The van der Waals surface area contributed by atoms with Crippen LogP contribution < -0.4 is 0 Å². The van der Waals surface area contributed by atoms with E-state index in [0.717, 1.165) is 18.4 Å². The van der Waals surface area contributed by atoms with Gasteiger partial charge in [0.25, 0.3) is 0 Å². The summed E-state index contributed by atoms with van der Waals surface area (Å²) < 4.78 is 0. The van der Waals surface area contributed by atoms with E-state index in [-0.39, 0.29) is 5.78 Å². The molecule has 0 heterocycles. The highest BCUT2D eigenvalue weighted by Gasteiger charge is 2.18. The molecule has 0 N–H and O–H groups in total. The molecule has 0 aromatic heterocycles. The Morgan fingerprint density at radius 1 is 1.05 bits per heavy atom. The smallest absolute Gasteiger partial charge is 0.154 e. The van der Waals surface area contributed by atoms with Crippen LogP contribution in [-0.2, 0) is 4.79 Å². The molecule has 1 aromatic carbocycles. The molecule has 108 valence electrons. The lowest BCUT2D eigenvalue weighted by Crippen LogP contribution is -2.10. The Hall–Kier alpha value is -1.62. The summed E-state index contributed by atoms with van der Waals surface area (Å²) in [5.41, 5.74) is 0.822. The zero-order chi connectivity index (χ0) is 14.6. The highest BCUT2D eigenvalue weighted by Crippen LogP contribution is 2.19. The molecule has 0 aliphatic heterocycles. The van der Waals surface area contributed by atoms with Crippen LogP contribution in [0, 0.1) is 11.3 Å². The maximum absolute atomic E-state index is 12.1. The minimum atomic E-state index is -0.587. The summed E-state index contributed by atoms with van der Waals surface area (Å²) in [5, 5.41) is 9.18. The third kappa shape index (κ3) is 6.02. The van der Waals surface area contributed by atoms with E-state index in [0.29, 0.717) is 6.42 Å². The number of benzene rings is 1. The van der Waals surface area contributed by atoms with Crippen molar-refractivity contribution in [3.8, 4) is 6.07 Å². The van der Waals surface area contributed by atoms with Gasteiger partial charge in [-0.2, -0.15) is 5.26 Å². The minimum Gasteiger partial charge on any atom is -0.298 e. The van der Waals surface area contributed by atoms with Gasteiger partial charge in [-0.25, -0.2) is 0 Å². The largest absolute Gasteiger partial charge is 0.298 e. The second-order valence-electron chi connectivity index (χ2n) is 5.31. The van der Waals surface area contributed by atoms with Crippen LogP contribution in [0.4, 0.5) is 0 Å². The van der Waals surface area contributed by atoms with Crippen LogP contribution in [0.2, 0.25) is 0 Å². The van der Waals surface area contributed by atoms with Gasteiger partial charge < -0.3 is 0 Å². The molecule has 0 spiro atoms. The zero-order valence-corrected chi connectivity index (χ0v) is 12.5. The van der Waals surface area contributed by atoms with Gasteiger partial charge in [0.1, 0.15) is 5.92 Å². The Morgan fingerprint density at radius 3 is 2.25 bits per heavy atom. The Bertz CT molecular complexity index is 419. The maximum Gasteiger partial charge on any atom is 0.154 e. The van der Waals surface area contributed by atoms with Gasteiger partial charge >= 0.3 is 0 Å². The lowest BCUT2D eigenvalue weighted by molar-refractivity contribution is -0.119. The molecule has 1 aromatic rings. The summed E-state index contributed by atoms with van der Waals surface area (Å²) in [6.07, 6.45) is 8.88. The number of nitrogens with zero attached hydrogens (tertiary/aromatic N) is 1. The fourth-order valence-electron chi connectivity index (χ4n) is 2.38. The average Bonchev–Trinajstić information content (AvgIpc) is 2.48. The van der Waals surface area contributed by atoms with Crippen LogP contribution >= 0.6 is 0 Å². The van der Waals surface area contributed by atoms with Crippen molar-refractivity contribution in [1.29, 1.82) is 5.26 Å². The molecule has 20 heavy (non-hydrogen) atoms. The molecule has 2 nitrogen and oxygen atoms in total. The van der Waals surface area contributed by atoms with Gasteiger partial charge in [0.15, 0.2) is 5.78 Å². The molecule has 2 heteroatoms. The normalized spacial score (nSPS) is 11.8. The first kappa shape index (κ1) is 16.4. The number of ketones is 1. The topological polar surface area (TPSA) is 40.9 Å². The van der Waals surface area contributed by atoms with Crippen molar-refractivity contribution in [1.82, 2.24) is 0 Å². The number of carbonyl (C=O) groups is 1. The summed E-state index contributed by atoms with van der Waals surface area (Å²) in [6, 6.07) is 11.5. The first-order valence-corrected chi connectivity index (χ1v) is 7.77. The summed E-state index contributed by atoms with van der Waals surface area (Å²) in [4.78, 5) is 12.1. The molecular formula is C18H25NO. The van der Waals surface area contributed by atoms with Crippen LogP contribution in [0.25, 0.3) is 0 Å². The third-order valence-electron chi connectivity index (χ3n) is 3.61. The van der Waals surface area contributed by atoms with Crippen molar-refractivity contribution in [3.63, 3.8) is 0 Å². The molecule has 0 saturated carbocycles. The Balaban J connectivity index is 2.26. The Labute approximate surface area is 122 Å². The molecular weight excluding hydrogens is 246 g/mol. The van der Waals surface area contributed by atoms with Gasteiger partial charge in [-0.1, -0.05) is 75.8 Å². The predicted molar refractivity (Wildman–Crippen MR) is 82.4 cm³/mol. The summed E-state index contributed by atoms with van der Waals surface area (Å²) in [7, 11) is 0. The van der Waals surface area contributed by atoms with E-state index in [1.165, 1.54) is 32.1 Å². The van der Waals surface area contributed by atoms with E-state index in [4.69, 9.17) is 0 Å². The molecule has 0 amide bonds. The van der Waals surface area contributed by atoms with Crippen LogP contribution in [0.15, 0.2) is 30.3 Å². The molecule has 1 atom stereocenters. The highest BCUT2D eigenvalue weighted by molar-refractivity contribution is 5.88. The molecule has 0 bridgehead atoms. The molecule has 1 unspecified atom stereocenters. The Kier molecular flexibility index (Phi) is 8.38. The lowest BCUT2D eigenvalue weighted by Gasteiger charge is -2.08. The fourth-order valence-corrected chi connectivity index (χ4v) is 2.38. The quantitative estimate of drug-likeness (QED) is 0.562. The standard InChI is InChI=1S/C18H25NO/c1-2-3-4-5-6-7-11-14-18(20)17(15-19)16-12-9-8-10-13-16/h8-10,12-13,17H,2-7,11,14H2,1H3. The van der Waals surface area contributed by atoms with Gasteiger partial charge in [0.2, 0.25) is 0 Å². The monoisotopic (exact) mass is 271 g/mol. The number of hydrogen-bond acceptors (Lipinski definition) is 2. The average molecular weight is 271 g/mol. The molecule has 1 rings (SSSR count). The lowest BCUT2D eigenvalue weighted by atomic mass is 9.93. The van der Waals surface area contributed by atoms with E-state index in [9.17, 15) is 10.1 Å². The number of Topliss-reactive ketones (excluding diaryl/α,β-unsaturated/α-hetero) is 1. The van der Waals surface area contributed by atoms with Crippen LogP contribution in [0.5, 0.6) is 0 Å². The second kappa shape index (κ2) is 10.2. The fraction of sp³-hybridized carbons (Fsp3) is 0.556. The van der Waals surface area contributed by atoms with E-state index in [2.05, 4.69) is 13.0 Å². The van der Waals surface area contributed by atoms with E-state index >= 15 is 0 Å². The molecule has 0 radical (unpaired) electrons. The SMILES string of the molecule is CCCCCCCCCC(=O)C(C#N)c1ccccc1. The van der Waals surface area contributed by atoms with Crippen LogP contribution in [0.1, 0.15) is 69.8 Å². The minimum absolute atomic E-state index is 0.0623. The second-order valence-corrected chi connectivity index (χ2v) is 5.31. The van der Waals surface area contributed by atoms with Crippen molar-refractivity contribution in [2.75, 3.05) is 0 Å². The van der Waals surface area contributed by atoms with E-state index in [1.54, 1.807) is 0 Å². The van der Waals surface area contributed by atoms with Gasteiger partial charge in [0, 0.05) is 6.42 Å². The van der Waals surface area contributed by atoms with Crippen LogP contribution in [0.3, 0.4) is 0 Å². The number of nitriles is 1. The Morgan fingerprint density at radius 2 is 1.65 bits per heavy atom. The van der Waals surface area contributed by atoms with Gasteiger partial charge in [-0.15, -0.1) is 0 Å². The van der Waals surface area contributed by atoms with E-state index < -0.39 is 5.92 Å². The predicted octanol–water partition coefficient (Wildman–Crippen LogP) is 5.00. The first-order chi connectivity index (χ1) is 9.79. The van der Waals surface area contributed by atoms with Crippen molar-refractivity contribution in [3.05, 3.63) is 35.9 Å². The number of unbranched alkanes of at least 4 members (excludes halogenated alkanes) is 6. The number of hydrogen-bond donors (Lipinski definition) is 0. The molecule has 0 fully saturated rings. The van der Waals surface area contributed by atoms with Crippen molar-refractivity contribution in [2.45, 2.75) is 64.2 Å². The molecule has 0 saturated heterocycles. The molecule has 0 aliphatic rings. The number of carbonyl (C=O) groups excluding carboxylic acids is 1. The van der Waals surface area contributed by atoms with Crippen molar-refractivity contribution < 1.29 is 4.79 Å². The van der Waals surface area contributed by atoms with E-state index in [1.807, 2.05) is 30.3 Å². The van der Waals surface area contributed by atoms with Crippen LogP contribution in [-0.4, -0.2) is 5.78 Å². The summed E-state index contributed by atoms with van der Waals surface area (Å²) >= 11 is 0. The zero-order valence-electron chi connectivity index (χ0n) is 12.5. The first-order valence-electron chi connectivity index (χ1n) is 7.77. The number of rotatable bonds is 10. The highest BCUT2D eigenvalue weighted by atomic mass is 16.1. The van der Waals surface area contributed by atoms with Gasteiger partial charge in [0.05, 0.1) is 6.07 Å². The van der Waals surface area contributed by atoms with Gasteiger partial charge in [-0.3, -0.25) is 4.79 Å².